The van der Waals surface area contributed by atoms with Gasteiger partial charge >= 0.3 is 0 Å². The lowest BCUT2D eigenvalue weighted by Crippen LogP contribution is -2.43. The molecule has 5 nitrogen and oxygen atoms in total. The minimum atomic E-state index is -0.173. The van der Waals surface area contributed by atoms with Crippen LogP contribution in [0.1, 0.15) is 29.2 Å². The highest BCUT2D eigenvalue weighted by Crippen LogP contribution is 2.24. The van der Waals surface area contributed by atoms with Gasteiger partial charge in [0.2, 0.25) is 0 Å². The third-order valence-corrected chi connectivity index (χ3v) is 4.46. The lowest BCUT2D eigenvalue weighted by molar-refractivity contribution is 0.0884. The van der Waals surface area contributed by atoms with E-state index in [1.165, 1.54) is 0 Å². The van der Waals surface area contributed by atoms with Crippen molar-refractivity contribution in [3.8, 4) is 5.75 Å². The fraction of sp³-hybridized carbons (Fsp3) is 0.389. The Morgan fingerprint density at radius 1 is 1.29 bits per heavy atom. The number of carbonyl (C=O) groups is 1. The highest BCUT2D eigenvalue weighted by atomic mass is 35.5. The topological polar surface area (TPSA) is 54.7 Å². The van der Waals surface area contributed by atoms with Gasteiger partial charge in [-0.1, -0.05) is 23.7 Å². The maximum atomic E-state index is 12.3. The molecule has 0 atom stereocenters. The van der Waals surface area contributed by atoms with E-state index in [1.54, 1.807) is 24.3 Å². The summed E-state index contributed by atoms with van der Waals surface area (Å²) in [5.74, 6) is 1.32. The largest absolute Gasteiger partial charge is 0.484 e. The summed E-state index contributed by atoms with van der Waals surface area (Å²) in [6.45, 7) is 2.23. The first-order valence-corrected chi connectivity index (χ1v) is 8.45. The second kappa shape index (κ2) is 7.73. The summed E-state index contributed by atoms with van der Waals surface area (Å²) in [6, 6.07) is 10.9. The summed E-state index contributed by atoms with van der Waals surface area (Å²) in [5, 5.41) is 3.58. The summed E-state index contributed by atoms with van der Waals surface area (Å²) < 4.78 is 11.2. The van der Waals surface area contributed by atoms with Crippen molar-refractivity contribution in [1.82, 2.24) is 10.2 Å². The molecule has 0 aliphatic carbocycles. The Hall–Kier alpha value is -1.98. The first kappa shape index (κ1) is 16.9. The van der Waals surface area contributed by atoms with Crippen LogP contribution in [0.25, 0.3) is 0 Å². The highest BCUT2D eigenvalue weighted by Gasteiger charge is 2.20. The van der Waals surface area contributed by atoms with Gasteiger partial charge < -0.3 is 19.4 Å². The minimum absolute atomic E-state index is 0.173. The zero-order valence-electron chi connectivity index (χ0n) is 13.6. The summed E-state index contributed by atoms with van der Waals surface area (Å²) in [7, 11) is 2.09. The molecule has 0 bridgehead atoms. The van der Waals surface area contributed by atoms with Crippen LogP contribution in [0.5, 0.6) is 5.75 Å². The van der Waals surface area contributed by atoms with Crippen LogP contribution in [-0.4, -0.2) is 37.0 Å². The molecule has 24 heavy (non-hydrogen) atoms. The molecule has 3 rings (SSSR count). The van der Waals surface area contributed by atoms with Crippen LogP contribution in [0.15, 0.2) is 40.8 Å². The van der Waals surface area contributed by atoms with Crippen LogP contribution in [0, 0.1) is 0 Å². The first-order valence-electron chi connectivity index (χ1n) is 8.07. The molecule has 0 saturated carbocycles. The molecular formula is C18H21ClN2O3. The van der Waals surface area contributed by atoms with E-state index >= 15 is 0 Å². The molecule has 1 fully saturated rings. The SMILES string of the molecule is CN1CCC(NC(=O)c2ccc(COc3ccccc3Cl)o2)CC1. The molecule has 1 amide bonds. The van der Waals surface area contributed by atoms with E-state index in [-0.39, 0.29) is 18.6 Å². The van der Waals surface area contributed by atoms with Crippen molar-refractivity contribution in [2.75, 3.05) is 20.1 Å². The monoisotopic (exact) mass is 348 g/mol. The van der Waals surface area contributed by atoms with Crippen molar-refractivity contribution >= 4 is 17.5 Å². The number of nitrogens with zero attached hydrogens (tertiary/aromatic N) is 1. The quantitative estimate of drug-likeness (QED) is 0.900. The number of hydrogen-bond donors (Lipinski definition) is 1. The molecule has 1 N–H and O–H groups in total. The maximum Gasteiger partial charge on any atom is 0.287 e. The normalized spacial score (nSPS) is 16.1. The Morgan fingerprint density at radius 3 is 2.79 bits per heavy atom. The van der Waals surface area contributed by atoms with Crippen LogP contribution in [-0.2, 0) is 6.61 Å². The number of halogens is 1. The Kier molecular flexibility index (Phi) is 5.43. The van der Waals surface area contributed by atoms with Gasteiger partial charge in [0.15, 0.2) is 5.76 Å². The predicted octanol–water partition coefficient (Wildman–Crippen LogP) is 3.34. The Labute approximate surface area is 146 Å². The molecule has 0 radical (unpaired) electrons. The molecular weight excluding hydrogens is 328 g/mol. The van der Waals surface area contributed by atoms with Crippen molar-refractivity contribution in [2.45, 2.75) is 25.5 Å². The van der Waals surface area contributed by atoms with E-state index in [9.17, 15) is 4.79 Å². The highest BCUT2D eigenvalue weighted by molar-refractivity contribution is 6.32. The zero-order valence-corrected chi connectivity index (χ0v) is 14.4. The fourth-order valence-electron chi connectivity index (χ4n) is 2.70. The van der Waals surface area contributed by atoms with Gasteiger partial charge in [0.05, 0.1) is 5.02 Å². The maximum absolute atomic E-state index is 12.3. The summed E-state index contributed by atoms with van der Waals surface area (Å²) >= 11 is 6.04. The molecule has 6 heteroatoms. The number of furan rings is 1. The number of hydrogen-bond acceptors (Lipinski definition) is 4. The zero-order chi connectivity index (χ0) is 16.9. The molecule has 1 aromatic carbocycles. The van der Waals surface area contributed by atoms with Crippen LogP contribution in [0.2, 0.25) is 5.02 Å². The Bertz CT molecular complexity index is 693. The smallest absolute Gasteiger partial charge is 0.287 e. The van der Waals surface area contributed by atoms with Crippen molar-refractivity contribution in [1.29, 1.82) is 0 Å². The standard InChI is InChI=1S/C18H21ClN2O3/c1-21-10-8-13(9-11-21)20-18(22)17-7-6-14(24-17)12-23-16-5-3-2-4-15(16)19/h2-7,13H,8-12H2,1H3,(H,20,22). The number of benzene rings is 1. The molecule has 1 aliphatic heterocycles. The molecule has 2 heterocycles. The van der Waals surface area contributed by atoms with Gasteiger partial charge in [-0.25, -0.2) is 0 Å². The van der Waals surface area contributed by atoms with E-state index < -0.39 is 0 Å². The van der Waals surface area contributed by atoms with E-state index in [0.717, 1.165) is 25.9 Å². The fourth-order valence-corrected chi connectivity index (χ4v) is 2.89. The lowest BCUT2D eigenvalue weighted by Gasteiger charge is -2.29. The van der Waals surface area contributed by atoms with Gasteiger partial charge in [0, 0.05) is 6.04 Å². The third-order valence-electron chi connectivity index (χ3n) is 4.15. The molecule has 2 aromatic rings. The molecule has 1 aliphatic rings. The van der Waals surface area contributed by atoms with Gasteiger partial charge in [0.1, 0.15) is 18.1 Å². The summed E-state index contributed by atoms with van der Waals surface area (Å²) in [5.41, 5.74) is 0. The molecule has 0 spiro atoms. The van der Waals surface area contributed by atoms with E-state index in [0.29, 0.717) is 22.3 Å². The molecule has 1 aromatic heterocycles. The number of ether oxygens (including phenoxy) is 1. The number of likely N-dealkylation sites (tertiary alicyclic amines) is 1. The van der Waals surface area contributed by atoms with Gasteiger partial charge in [-0.3, -0.25) is 4.79 Å². The minimum Gasteiger partial charge on any atom is -0.484 e. The number of para-hydroxylation sites is 1. The number of carbonyl (C=O) groups excluding carboxylic acids is 1. The van der Waals surface area contributed by atoms with Crippen molar-refractivity contribution in [2.24, 2.45) is 0 Å². The second-order valence-electron chi connectivity index (χ2n) is 6.04. The third kappa shape index (κ3) is 4.30. The Morgan fingerprint density at radius 2 is 2.04 bits per heavy atom. The second-order valence-corrected chi connectivity index (χ2v) is 6.44. The van der Waals surface area contributed by atoms with E-state index in [2.05, 4.69) is 17.3 Å². The van der Waals surface area contributed by atoms with Gasteiger partial charge in [-0.2, -0.15) is 0 Å². The number of nitrogens with one attached hydrogen (secondary N) is 1. The van der Waals surface area contributed by atoms with E-state index in [4.69, 9.17) is 20.8 Å². The summed E-state index contributed by atoms with van der Waals surface area (Å²) in [6.07, 6.45) is 1.93. The Balaban J connectivity index is 1.53. The number of rotatable bonds is 5. The number of amides is 1. The molecule has 0 unspecified atom stereocenters. The van der Waals surface area contributed by atoms with Crippen molar-refractivity contribution in [3.05, 3.63) is 52.9 Å². The lowest BCUT2D eigenvalue weighted by atomic mass is 10.1. The van der Waals surface area contributed by atoms with Crippen LogP contribution in [0.3, 0.4) is 0 Å². The predicted molar refractivity (Wildman–Crippen MR) is 92.5 cm³/mol. The van der Waals surface area contributed by atoms with Gasteiger partial charge in [-0.05, 0) is 57.2 Å². The van der Waals surface area contributed by atoms with Crippen LogP contribution < -0.4 is 10.1 Å². The van der Waals surface area contributed by atoms with Crippen LogP contribution in [0.4, 0.5) is 0 Å². The molecule has 1 saturated heterocycles. The first-order chi connectivity index (χ1) is 11.6. The summed E-state index contributed by atoms with van der Waals surface area (Å²) in [4.78, 5) is 14.5. The van der Waals surface area contributed by atoms with E-state index in [1.807, 2.05) is 12.1 Å². The number of piperidine rings is 1. The average molecular weight is 349 g/mol. The van der Waals surface area contributed by atoms with Crippen molar-refractivity contribution in [3.63, 3.8) is 0 Å². The van der Waals surface area contributed by atoms with Gasteiger partial charge in [-0.15, -0.1) is 0 Å². The average Bonchev–Trinajstić information content (AvgIpc) is 3.05. The van der Waals surface area contributed by atoms with Crippen LogP contribution >= 0.6 is 11.6 Å². The molecule has 128 valence electrons. The van der Waals surface area contributed by atoms with Gasteiger partial charge in [0.25, 0.3) is 5.91 Å². The van der Waals surface area contributed by atoms with Crippen molar-refractivity contribution < 1.29 is 13.9 Å².